The van der Waals surface area contributed by atoms with Gasteiger partial charge in [0.1, 0.15) is 0 Å². The van der Waals surface area contributed by atoms with E-state index in [-0.39, 0.29) is 23.8 Å². The first-order chi connectivity index (χ1) is 13.5. The number of amides is 2. The van der Waals surface area contributed by atoms with Crippen LogP contribution in [0.4, 0.5) is 0 Å². The van der Waals surface area contributed by atoms with Gasteiger partial charge in [-0.25, -0.2) is 0 Å². The summed E-state index contributed by atoms with van der Waals surface area (Å²) in [5.41, 5.74) is 0.901. The highest BCUT2D eigenvalue weighted by Gasteiger charge is 2.55. The molecule has 2 aliphatic rings. The number of fused-ring (bicyclic) bond motifs is 1. The average Bonchev–Trinajstić information content (AvgIpc) is 3.36. The molecule has 1 aliphatic heterocycles. The molecule has 1 aromatic carbocycles. The van der Waals surface area contributed by atoms with E-state index >= 15 is 0 Å². The zero-order valence-electron chi connectivity index (χ0n) is 16.4. The molecule has 1 saturated heterocycles. The van der Waals surface area contributed by atoms with E-state index in [9.17, 15) is 9.59 Å². The number of carbonyl (C=O) groups excluding carboxylic acids is 2. The van der Waals surface area contributed by atoms with Gasteiger partial charge in [-0.05, 0) is 24.3 Å². The summed E-state index contributed by atoms with van der Waals surface area (Å²) in [7, 11) is 1.65. The van der Waals surface area contributed by atoms with Gasteiger partial charge in [0.15, 0.2) is 5.82 Å². The van der Waals surface area contributed by atoms with Crippen molar-refractivity contribution in [3.63, 3.8) is 0 Å². The lowest BCUT2D eigenvalue weighted by atomic mass is 9.80. The smallest absolute Gasteiger partial charge is 0.242 e. The minimum atomic E-state index is -0.244. The van der Waals surface area contributed by atoms with Crippen molar-refractivity contribution in [3.8, 4) is 0 Å². The Hall–Kier alpha value is -2.70. The summed E-state index contributed by atoms with van der Waals surface area (Å²) >= 11 is 0. The maximum atomic E-state index is 12.7. The Morgan fingerprint density at radius 1 is 1.32 bits per heavy atom. The van der Waals surface area contributed by atoms with Gasteiger partial charge in [-0.1, -0.05) is 41.9 Å². The molecule has 7 nitrogen and oxygen atoms in total. The van der Waals surface area contributed by atoms with Crippen LogP contribution in [0.1, 0.15) is 43.5 Å². The highest BCUT2D eigenvalue weighted by Crippen LogP contribution is 2.49. The van der Waals surface area contributed by atoms with Gasteiger partial charge in [-0.3, -0.25) is 9.59 Å². The van der Waals surface area contributed by atoms with Crippen molar-refractivity contribution in [2.75, 3.05) is 26.7 Å². The molecule has 0 spiro atoms. The Kier molecular flexibility index (Phi) is 4.91. The minimum absolute atomic E-state index is 0.0181. The van der Waals surface area contributed by atoms with E-state index in [0.29, 0.717) is 37.1 Å². The second kappa shape index (κ2) is 7.37. The Morgan fingerprint density at radius 3 is 2.86 bits per heavy atom. The molecule has 2 fully saturated rings. The number of carbonyl (C=O) groups is 2. The van der Waals surface area contributed by atoms with Gasteiger partial charge in [0.05, 0.1) is 12.0 Å². The average molecular weight is 382 g/mol. The van der Waals surface area contributed by atoms with E-state index < -0.39 is 0 Å². The lowest BCUT2D eigenvalue weighted by Gasteiger charge is -2.25. The number of likely N-dealkylation sites (N-methyl/N-ethyl adjacent to an activating group) is 1. The van der Waals surface area contributed by atoms with E-state index in [1.165, 1.54) is 11.8 Å². The molecule has 0 radical (unpaired) electrons. The van der Waals surface area contributed by atoms with Crippen LogP contribution in [-0.4, -0.2) is 58.4 Å². The molecule has 2 atom stereocenters. The Bertz CT molecular complexity index is 866. The second-order valence-electron chi connectivity index (χ2n) is 8.07. The highest BCUT2D eigenvalue weighted by molar-refractivity contribution is 5.84. The second-order valence-corrected chi connectivity index (χ2v) is 8.07. The molecule has 7 heteroatoms. The zero-order valence-corrected chi connectivity index (χ0v) is 16.4. The molecule has 0 bridgehead atoms. The number of hydrogen-bond acceptors (Lipinski definition) is 5. The number of likely N-dealkylation sites (tertiary alicyclic amines) is 1. The lowest BCUT2D eigenvalue weighted by molar-refractivity contribution is -0.137. The van der Waals surface area contributed by atoms with Crippen molar-refractivity contribution in [1.29, 1.82) is 0 Å². The fraction of sp³-hybridized carbons (Fsp3) is 0.524. The van der Waals surface area contributed by atoms with Gasteiger partial charge in [-0.2, -0.15) is 4.98 Å². The summed E-state index contributed by atoms with van der Waals surface area (Å²) in [4.78, 5) is 32.2. The molecule has 0 unspecified atom stereocenters. The van der Waals surface area contributed by atoms with Crippen LogP contribution in [-0.2, 0) is 21.4 Å². The summed E-state index contributed by atoms with van der Waals surface area (Å²) in [6.07, 6.45) is 3.76. The fourth-order valence-corrected chi connectivity index (χ4v) is 4.55. The highest BCUT2D eigenvalue weighted by atomic mass is 16.5. The van der Waals surface area contributed by atoms with E-state index in [1.807, 2.05) is 35.2 Å². The van der Waals surface area contributed by atoms with Crippen LogP contribution in [0.2, 0.25) is 0 Å². The SMILES string of the molecule is CC(=O)N(C)CC(=O)N1C[C@H]2CCC[C@@]2(c2nc(Cc3ccccc3)no2)C1. The number of benzene rings is 1. The summed E-state index contributed by atoms with van der Waals surface area (Å²) in [5, 5.41) is 4.21. The third-order valence-electron chi connectivity index (χ3n) is 6.23. The molecule has 2 aromatic rings. The van der Waals surface area contributed by atoms with Crippen molar-refractivity contribution in [2.24, 2.45) is 5.92 Å². The van der Waals surface area contributed by atoms with Crippen molar-refractivity contribution in [1.82, 2.24) is 19.9 Å². The summed E-state index contributed by atoms with van der Waals surface area (Å²) < 4.78 is 5.71. The largest absolute Gasteiger partial charge is 0.340 e. The van der Waals surface area contributed by atoms with Crippen LogP contribution in [0.5, 0.6) is 0 Å². The van der Waals surface area contributed by atoms with Crippen molar-refractivity contribution >= 4 is 11.8 Å². The van der Waals surface area contributed by atoms with Crippen LogP contribution < -0.4 is 0 Å². The van der Waals surface area contributed by atoms with Crippen LogP contribution in [0.3, 0.4) is 0 Å². The number of aromatic nitrogens is 2. The standard InChI is InChI=1S/C21H26N4O3/c1-15(26)24(2)13-19(27)25-12-17-9-6-10-21(17,14-25)20-22-18(23-28-20)11-16-7-4-3-5-8-16/h3-5,7-8,17H,6,9-14H2,1-2H3/t17-,21-/m1/s1. The first-order valence-electron chi connectivity index (χ1n) is 9.84. The zero-order chi connectivity index (χ0) is 19.7. The first kappa shape index (κ1) is 18.7. The summed E-state index contributed by atoms with van der Waals surface area (Å²) in [6, 6.07) is 10.1. The van der Waals surface area contributed by atoms with Crippen LogP contribution in [0, 0.1) is 5.92 Å². The van der Waals surface area contributed by atoms with Gasteiger partial charge in [0, 0.05) is 33.5 Å². The Balaban J connectivity index is 1.50. The number of hydrogen-bond donors (Lipinski definition) is 0. The molecule has 0 N–H and O–H groups in total. The predicted molar refractivity (Wildman–Crippen MR) is 102 cm³/mol. The van der Waals surface area contributed by atoms with Gasteiger partial charge >= 0.3 is 0 Å². The third kappa shape index (κ3) is 3.41. The van der Waals surface area contributed by atoms with E-state index in [0.717, 1.165) is 24.8 Å². The molecule has 1 aromatic heterocycles. The van der Waals surface area contributed by atoms with E-state index in [1.54, 1.807) is 7.05 Å². The number of nitrogens with zero attached hydrogens (tertiary/aromatic N) is 4. The monoisotopic (exact) mass is 382 g/mol. The van der Waals surface area contributed by atoms with Crippen LogP contribution >= 0.6 is 0 Å². The summed E-state index contributed by atoms with van der Waals surface area (Å²) in [5.74, 6) is 1.56. The predicted octanol–water partition coefficient (Wildman–Crippen LogP) is 2.02. The Labute approximate surface area is 164 Å². The molecular weight excluding hydrogens is 356 g/mol. The number of rotatable bonds is 5. The summed E-state index contributed by atoms with van der Waals surface area (Å²) in [6.45, 7) is 2.87. The van der Waals surface area contributed by atoms with Gasteiger partial charge < -0.3 is 14.3 Å². The van der Waals surface area contributed by atoms with E-state index in [4.69, 9.17) is 9.51 Å². The van der Waals surface area contributed by atoms with Gasteiger partial charge in [0.25, 0.3) is 0 Å². The quantitative estimate of drug-likeness (QED) is 0.790. The maximum Gasteiger partial charge on any atom is 0.242 e. The first-order valence-corrected chi connectivity index (χ1v) is 9.84. The molecule has 2 heterocycles. The van der Waals surface area contributed by atoms with Gasteiger partial charge in [0.2, 0.25) is 17.7 Å². The van der Waals surface area contributed by atoms with Crippen LogP contribution in [0.25, 0.3) is 0 Å². The topological polar surface area (TPSA) is 79.5 Å². The van der Waals surface area contributed by atoms with Crippen molar-refractivity contribution in [3.05, 3.63) is 47.6 Å². The maximum absolute atomic E-state index is 12.7. The van der Waals surface area contributed by atoms with Crippen molar-refractivity contribution in [2.45, 2.75) is 38.0 Å². The van der Waals surface area contributed by atoms with Gasteiger partial charge in [-0.15, -0.1) is 0 Å². The molecule has 1 aliphatic carbocycles. The normalized spacial score (nSPS) is 23.6. The Morgan fingerprint density at radius 2 is 2.11 bits per heavy atom. The molecule has 148 valence electrons. The minimum Gasteiger partial charge on any atom is -0.340 e. The van der Waals surface area contributed by atoms with Crippen LogP contribution in [0.15, 0.2) is 34.9 Å². The van der Waals surface area contributed by atoms with E-state index in [2.05, 4.69) is 5.16 Å². The third-order valence-corrected chi connectivity index (χ3v) is 6.23. The molecule has 4 rings (SSSR count). The molecule has 28 heavy (non-hydrogen) atoms. The lowest BCUT2D eigenvalue weighted by Crippen LogP contribution is -2.41. The van der Waals surface area contributed by atoms with Crippen molar-refractivity contribution < 1.29 is 14.1 Å². The molecule has 2 amide bonds. The molecule has 1 saturated carbocycles. The fourth-order valence-electron chi connectivity index (χ4n) is 4.55. The molecular formula is C21H26N4O3.